The lowest BCUT2D eigenvalue weighted by Gasteiger charge is -1.69. The molecule has 26 valence electrons. The van der Waals surface area contributed by atoms with Gasteiger partial charge in [-0.2, -0.15) is 0 Å². The molecule has 0 aromatic rings. The summed E-state index contributed by atoms with van der Waals surface area (Å²) in [6.45, 7) is 0. The quantitative estimate of drug-likeness (QED) is 0.393. The van der Waals surface area contributed by atoms with Gasteiger partial charge in [-0.15, -0.1) is 0 Å². The molecule has 0 aromatic heterocycles. The second-order valence-electron chi connectivity index (χ2n) is 0.455. The molecule has 2 N–H and O–H groups in total. The summed E-state index contributed by atoms with van der Waals surface area (Å²) in [4.78, 5) is 0. The molecule has 4 heteroatoms. The Bertz CT molecular complexity index is 8.00. The first-order chi connectivity index (χ1) is 1.91. The summed E-state index contributed by atoms with van der Waals surface area (Å²) in [6.07, 6.45) is 0. The van der Waals surface area contributed by atoms with E-state index in [0.29, 0.717) is 0 Å². The van der Waals surface area contributed by atoms with Crippen molar-refractivity contribution in [2.24, 2.45) is 5.40 Å². The second-order valence-corrected chi connectivity index (χ2v) is 9.29. The van der Waals surface area contributed by atoms with Gasteiger partial charge in [0, 0.05) is 0 Å². The zero-order chi connectivity index (χ0) is 3.41. The molecule has 0 unspecified atom stereocenters. The van der Waals surface area contributed by atoms with Crippen molar-refractivity contribution in [2.75, 3.05) is 0 Å². The lowest BCUT2D eigenvalue weighted by Crippen LogP contribution is -1.96. The minimum absolute atomic E-state index is 0.0972. The highest BCUT2D eigenvalue weighted by Gasteiger charge is 1.57. The zero-order valence-corrected chi connectivity index (χ0v) is 6.92. The Kier molecular flexibility index (Phi) is 4.44. The van der Waals surface area contributed by atoms with Crippen molar-refractivity contribution in [1.82, 2.24) is 0 Å². The van der Waals surface area contributed by atoms with Gasteiger partial charge < -0.3 is 5.40 Å². The van der Waals surface area contributed by atoms with E-state index in [1.807, 2.05) is 10.7 Å². The van der Waals surface area contributed by atoms with E-state index < -0.39 is 0 Å². The molecule has 4 heavy (non-hydrogen) atoms. The van der Waals surface area contributed by atoms with E-state index in [1.54, 1.807) is 0 Å². The molecule has 0 aliphatic heterocycles. The average Bonchev–Trinajstić information content (AvgIpc) is 1.37. The summed E-state index contributed by atoms with van der Waals surface area (Å²) < 4.78 is 0. The third kappa shape index (κ3) is 2.74. The van der Waals surface area contributed by atoms with E-state index in [4.69, 9.17) is 5.40 Å². The maximum Gasteiger partial charge on any atom is 0.145 e. The highest BCUT2D eigenvalue weighted by Crippen LogP contribution is 1.71. The maximum absolute atomic E-state index is 5.16. The molecule has 0 radical (unpaired) electrons. The number of nitrogens with two attached hydrogens (primary N) is 1. The first-order valence-corrected chi connectivity index (χ1v) is 7.50. The van der Waals surface area contributed by atoms with Crippen LogP contribution >= 0.6 is 10.7 Å². The van der Waals surface area contributed by atoms with Crippen LogP contribution in [0.15, 0.2) is 0 Å². The molecule has 0 atom stereocenters. The van der Waals surface area contributed by atoms with E-state index in [0.717, 1.165) is 0 Å². The molecular formula is H7NSSi2. The first-order valence-electron chi connectivity index (χ1n) is 1.11. The van der Waals surface area contributed by atoms with Crippen molar-refractivity contribution in [2.45, 2.75) is 0 Å². The molecule has 0 heterocycles. The largest absolute Gasteiger partial charge is 0.348 e. The summed E-state index contributed by atoms with van der Waals surface area (Å²) in [5, 5.41) is 5.16. The van der Waals surface area contributed by atoms with Gasteiger partial charge in [-0.25, -0.2) is 10.7 Å². The van der Waals surface area contributed by atoms with Crippen molar-refractivity contribution >= 4 is 28.9 Å². The number of rotatable bonds is 1. The van der Waals surface area contributed by atoms with Crippen LogP contribution in [0.5, 0.6) is 0 Å². The second kappa shape index (κ2) is 3.74. The standard InChI is InChI=1S/H7NSSi2/c1-4-2-3/h1,4H2,3H3. The molecule has 0 aliphatic rings. The summed E-state index contributed by atoms with van der Waals surface area (Å²) in [7, 11) is 3.06. The highest BCUT2D eigenvalue weighted by molar-refractivity contribution is 8.38. The highest BCUT2D eigenvalue weighted by atomic mass is 32.5. The van der Waals surface area contributed by atoms with Crippen LogP contribution in [-0.4, -0.2) is 18.2 Å². The number of hydrogen-bond acceptors (Lipinski definition) is 2. The smallest absolute Gasteiger partial charge is 0.145 e. The van der Waals surface area contributed by atoms with Crippen molar-refractivity contribution in [1.29, 1.82) is 0 Å². The van der Waals surface area contributed by atoms with Crippen LogP contribution in [0, 0.1) is 0 Å². The van der Waals surface area contributed by atoms with Crippen LogP contribution in [-0.2, 0) is 0 Å². The molecule has 0 bridgehead atoms. The Morgan fingerprint density at radius 1 is 2.00 bits per heavy atom. The minimum Gasteiger partial charge on any atom is -0.348 e. The fourth-order valence-electron chi connectivity index (χ4n) is 0. The Labute approximate surface area is 34.9 Å². The fourth-order valence-corrected chi connectivity index (χ4v) is 0. The summed E-state index contributed by atoms with van der Waals surface area (Å²) in [5.74, 6) is 0. The lowest BCUT2D eigenvalue weighted by molar-refractivity contribution is 1.98. The molecule has 0 amide bonds. The molecule has 0 saturated heterocycles. The number of hydrogen-bond donors (Lipinski definition) is 1. The van der Waals surface area contributed by atoms with Gasteiger partial charge >= 0.3 is 0 Å². The van der Waals surface area contributed by atoms with Crippen LogP contribution in [0.25, 0.3) is 0 Å². The Balaban J connectivity index is 1.97. The first kappa shape index (κ1) is 4.74. The van der Waals surface area contributed by atoms with Gasteiger partial charge in [0.1, 0.15) is 8.83 Å². The molecule has 1 nitrogen and oxygen atoms in total. The minimum atomic E-state index is -0.0972. The molecule has 0 fully saturated rings. The van der Waals surface area contributed by atoms with Crippen LogP contribution in [0.2, 0.25) is 0 Å². The monoisotopic (exact) mass is 109 g/mol. The molecule has 0 spiro atoms. The Morgan fingerprint density at radius 3 is 2.25 bits per heavy atom. The normalized spacial score (nSPS) is 11.2. The van der Waals surface area contributed by atoms with Crippen LogP contribution < -0.4 is 5.40 Å². The summed E-state index contributed by atoms with van der Waals surface area (Å²) >= 11 is 0. The molecule has 0 aliphatic carbocycles. The molecule has 0 saturated carbocycles. The van der Waals surface area contributed by atoms with Gasteiger partial charge in [-0.3, -0.25) is 0 Å². The third-order valence-corrected chi connectivity index (χ3v) is 4.50. The zero-order valence-electron chi connectivity index (χ0n) is 2.69. The van der Waals surface area contributed by atoms with Crippen molar-refractivity contribution < 1.29 is 0 Å². The molecule has 0 aromatic carbocycles. The van der Waals surface area contributed by atoms with Gasteiger partial charge in [0.05, 0.1) is 9.39 Å². The predicted octanol–water partition coefficient (Wildman–Crippen LogP) is -2.04. The Hall–Kier alpha value is 0.744. The van der Waals surface area contributed by atoms with Gasteiger partial charge in [-0.05, 0) is 0 Å². The van der Waals surface area contributed by atoms with Crippen molar-refractivity contribution in [3.63, 3.8) is 0 Å². The van der Waals surface area contributed by atoms with E-state index in [-0.39, 0.29) is 8.83 Å². The van der Waals surface area contributed by atoms with Gasteiger partial charge in [0.15, 0.2) is 0 Å². The molecule has 0 rings (SSSR count). The van der Waals surface area contributed by atoms with Crippen molar-refractivity contribution in [3.05, 3.63) is 0 Å². The van der Waals surface area contributed by atoms with Crippen LogP contribution in [0.4, 0.5) is 0 Å². The van der Waals surface area contributed by atoms with Gasteiger partial charge in [0.25, 0.3) is 0 Å². The van der Waals surface area contributed by atoms with E-state index in [1.165, 1.54) is 9.39 Å². The predicted molar refractivity (Wildman–Crippen MR) is 30.3 cm³/mol. The van der Waals surface area contributed by atoms with E-state index >= 15 is 0 Å². The SMILES string of the molecule is N[SiH2]S[SiH3]. The maximum atomic E-state index is 5.16. The Morgan fingerprint density at radius 2 is 2.25 bits per heavy atom. The van der Waals surface area contributed by atoms with Gasteiger partial charge in [-0.1, -0.05) is 0 Å². The third-order valence-electron chi connectivity index (χ3n) is 0.167. The summed E-state index contributed by atoms with van der Waals surface area (Å²) in [5.41, 5.74) is 0. The van der Waals surface area contributed by atoms with Gasteiger partial charge in [0.2, 0.25) is 0 Å². The van der Waals surface area contributed by atoms with E-state index in [9.17, 15) is 0 Å². The van der Waals surface area contributed by atoms with Crippen molar-refractivity contribution in [3.8, 4) is 0 Å². The van der Waals surface area contributed by atoms with E-state index in [2.05, 4.69) is 0 Å². The topological polar surface area (TPSA) is 26.0 Å². The summed E-state index contributed by atoms with van der Waals surface area (Å²) in [6, 6.07) is 0. The average molecular weight is 109 g/mol. The van der Waals surface area contributed by atoms with Crippen LogP contribution in [0.3, 0.4) is 0 Å². The lowest BCUT2D eigenvalue weighted by atomic mass is 13.9. The van der Waals surface area contributed by atoms with Crippen LogP contribution in [0.1, 0.15) is 0 Å². The molecular weight excluding hydrogens is 102 g/mol. The fraction of sp³-hybridized carbons (Fsp3) is 0.